The first-order valence-electron chi connectivity index (χ1n) is 7.18. The number of carbonyl (C=O) groups is 1. The summed E-state index contributed by atoms with van der Waals surface area (Å²) in [5.41, 5.74) is 8.77. The van der Waals surface area contributed by atoms with Gasteiger partial charge in [0.2, 0.25) is 0 Å². The minimum Gasteiger partial charge on any atom is -0.335 e. The second-order valence-electron chi connectivity index (χ2n) is 5.56. The summed E-state index contributed by atoms with van der Waals surface area (Å²) in [7, 11) is 0. The van der Waals surface area contributed by atoms with Crippen LogP contribution in [-0.4, -0.2) is 34.9 Å². The molecule has 1 fully saturated rings. The average molecular weight is 354 g/mol. The van der Waals surface area contributed by atoms with Gasteiger partial charge in [0.05, 0.1) is 0 Å². The number of pyridine rings is 1. The summed E-state index contributed by atoms with van der Waals surface area (Å²) in [6.07, 6.45) is 0. The number of nitrogens with zero attached hydrogens (tertiary/aromatic N) is 2. The molecule has 1 saturated heterocycles. The van der Waals surface area contributed by atoms with Gasteiger partial charge in [0, 0.05) is 30.7 Å². The van der Waals surface area contributed by atoms with Gasteiger partial charge in [0.15, 0.2) is 0 Å². The van der Waals surface area contributed by atoms with E-state index in [0.717, 1.165) is 5.69 Å². The smallest absolute Gasteiger partial charge is 0.272 e. The van der Waals surface area contributed by atoms with Gasteiger partial charge in [-0.25, -0.2) is 4.98 Å². The highest BCUT2D eigenvalue weighted by atomic mass is 35.5. The SMILES string of the molecule is Cc1cccc(C(=O)N2C[C@@H](N)[C@H](c3ccccc3)C2)n1.Cl.Cl. The van der Waals surface area contributed by atoms with E-state index in [2.05, 4.69) is 17.1 Å². The summed E-state index contributed by atoms with van der Waals surface area (Å²) in [5.74, 6) is 0.160. The van der Waals surface area contributed by atoms with Gasteiger partial charge >= 0.3 is 0 Å². The van der Waals surface area contributed by atoms with Crippen molar-refractivity contribution in [1.29, 1.82) is 0 Å². The molecule has 1 aromatic carbocycles. The number of benzene rings is 1. The maximum Gasteiger partial charge on any atom is 0.272 e. The Kier molecular flexibility index (Phi) is 7.01. The number of rotatable bonds is 2. The van der Waals surface area contributed by atoms with Crippen LogP contribution in [0, 0.1) is 6.92 Å². The molecule has 0 spiro atoms. The summed E-state index contributed by atoms with van der Waals surface area (Å²) >= 11 is 0. The quantitative estimate of drug-likeness (QED) is 0.902. The summed E-state index contributed by atoms with van der Waals surface area (Å²) in [6, 6.07) is 15.6. The molecule has 0 radical (unpaired) electrons. The van der Waals surface area contributed by atoms with Gasteiger partial charge < -0.3 is 10.6 Å². The van der Waals surface area contributed by atoms with Crippen molar-refractivity contribution in [3.05, 3.63) is 65.5 Å². The first-order chi connectivity index (χ1) is 10.1. The lowest BCUT2D eigenvalue weighted by molar-refractivity contribution is 0.0783. The number of hydrogen-bond donors (Lipinski definition) is 1. The van der Waals surface area contributed by atoms with Crippen molar-refractivity contribution in [2.75, 3.05) is 13.1 Å². The molecule has 1 aromatic heterocycles. The molecule has 4 nitrogen and oxygen atoms in total. The van der Waals surface area contributed by atoms with Crippen molar-refractivity contribution < 1.29 is 4.79 Å². The Balaban J connectivity index is 0.00000132. The van der Waals surface area contributed by atoms with E-state index in [4.69, 9.17) is 5.73 Å². The van der Waals surface area contributed by atoms with Gasteiger partial charge in [0.1, 0.15) is 5.69 Å². The van der Waals surface area contributed by atoms with Crippen molar-refractivity contribution in [3.8, 4) is 0 Å². The molecule has 1 aliphatic rings. The highest BCUT2D eigenvalue weighted by Gasteiger charge is 2.34. The number of likely N-dealkylation sites (tertiary alicyclic amines) is 1. The molecule has 23 heavy (non-hydrogen) atoms. The molecule has 2 heterocycles. The Hall–Kier alpha value is -1.62. The van der Waals surface area contributed by atoms with Gasteiger partial charge in [0.25, 0.3) is 5.91 Å². The molecule has 0 aliphatic carbocycles. The van der Waals surface area contributed by atoms with Crippen LogP contribution in [0.15, 0.2) is 48.5 Å². The van der Waals surface area contributed by atoms with E-state index in [0.29, 0.717) is 18.8 Å². The fourth-order valence-electron chi connectivity index (χ4n) is 2.87. The first-order valence-corrected chi connectivity index (χ1v) is 7.18. The highest BCUT2D eigenvalue weighted by Crippen LogP contribution is 2.27. The molecule has 2 aromatic rings. The van der Waals surface area contributed by atoms with Crippen LogP contribution in [0.1, 0.15) is 27.7 Å². The zero-order valence-corrected chi connectivity index (χ0v) is 14.5. The monoisotopic (exact) mass is 353 g/mol. The van der Waals surface area contributed by atoms with Gasteiger partial charge in [-0.2, -0.15) is 0 Å². The molecule has 1 aliphatic heterocycles. The van der Waals surface area contributed by atoms with E-state index in [9.17, 15) is 4.79 Å². The minimum atomic E-state index is -0.0346. The number of halogens is 2. The van der Waals surface area contributed by atoms with E-state index >= 15 is 0 Å². The maximum absolute atomic E-state index is 12.5. The molecule has 2 N–H and O–H groups in total. The van der Waals surface area contributed by atoms with Crippen molar-refractivity contribution >= 4 is 30.7 Å². The fraction of sp³-hybridized carbons (Fsp3) is 0.294. The molecule has 2 atom stereocenters. The molecular weight excluding hydrogens is 333 g/mol. The van der Waals surface area contributed by atoms with Crippen LogP contribution in [0.3, 0.4) is 0 Å². The van der Waals surface area contributed by atoms with Crippen LogP contribution in [-0.2, 0) is 0 Å². The van der Waals surface area contributed by atoms with Gasteiger partial charge in [-0.05, 0) is 24.6 Å². The van der Waals surface area contributed by atoms with E-state index < -0.39 is 0 Å². The van der Waals surface area contributed by atoms with Gasteiger partial charge in [-0.3, -0.25) is 4.79 Å². The lowest BCUT2D eigenvalue weighted by Gasteiger charge is -2.16. The third kappa shape index (κ3) is 4.22. The number of amides is 1. The topological polar surface area (TPSA) is 59.2 Å². The summed E-state index contributed by atoms with van der Waals surface area (Å²) in [4.78, 5) is 18.6. The van der Waals surface area contributed by atoms with E-state index in [1.165, 1.54) is 5.56 Å². The normalized spacial score (nSPS) is 19.7. The average Bonchev–Trinajstić information content (AvgIpc) is 2.89. The third-order valence-corrected chi connectivity index (χ3v) is 3.99. The zero-order valence-electron chi connectivity index (χ0n) is 12.9. The Morgan fingerprint density at radius 1 is 1.09 bits per heavy atom. The van der Waals surface area contributed by atoms with Gasteiger partial charge in [-0.15, -0.1) is 24.8 Å². The lowest BCUT2D eigenvalue weighted by Crippen LogP contribution is -2.32. The van der Waals surface area contributed by atoms with Crippen molar-refractivity contribution in [1.82, 2.24) is 9.88 Å². The maximum atomic E-state index is 12.5. The number of hydrogen-bond acceptors (Lipinski definition) is 3. The second kappa shape index (κ2) is 8.29. The Morgan fingerprint density at radius 3 is 2.43 bits per heavy atom. The molecule has 3 rings (SSSR count). The minimum absolute atomic E-state index is 0. The number of aryl methyl sites for hydroxylation is 1. The Bertz CT molecular complexity index is 651. The summed E-state index contributed by atoms with van der Waals surface area (Å²) in [5, 5.41) is 0. The van der Waals surface area contributed by atoms with Crippen LogP contribution in [0.25, 0.3) is 0 Å². The molecule has 124 valence electrons. The van der Waals surface area contributed by atoms with E-state index in [-0.39, 0.29) is 42.7 Å². The van der Waals surface area contributed by atoms with Crippen LogP contribution < -0.4 is 5.73 Å². The van der Waals surface area contributed by atoms with Crippen molar-refractivity contribution in [3.63, 3.8) is 0 Å². The summed E-state index contributed by atoms with van der Waals surface area (Å²) < 4.78 is 0. The Morgan fingerprint density at radius 2 is 1.78 bits per heavy atom. The number of carbonyl (C=O) groups excluding carboxylic acids is 1. The molecule has 6 heteroatoms. The third-order valence-electron chi connectivity index (χ3n) is 3.99. The Labute approximate surface area is 148 Å². The highest BCUT2D eigenvalue weighted by molar-refractivity contribution is 5.92. The van der Waals surface area contributed by atoms with Crippen molar-refractivity contribution in [2.24, 2.45) is 5.73 Å². The lowest BCUT2D eigenvalue weighted by atomic mass is 9.95. The first kappa shape index (κ1) is 19.4. The van der Waals surface area contributed by atoms with E-state index in [1.807, 2.05) is 42.2 Å². The van der Waals surface area contributed by atoms with E-state index in [1.54, 1.807) is 6.07 Å². The second-order valence-corrected chi connectivity index (χ2v) is 5.56. The molecule has 0 unspecified atom stereocenters. The van der Waals surface area contributed by atoms with Crippen LogP contribution >= 0.6 is 24.8 Å². The molecular formula is C17H21Cl2N3O. The molecule has 1 amide bonds. The van der Waals surface area contributed by atoms with Crippen molar-refractivity contribution in [2.45, 2.75) is 18.9 Å². The summed E-state index contributed by atoms with van der Waals surface area (Å²) in [6.45, 7) is 3.12. The predicted molar refractivity (Wildman–Crippen MR) is 96.5 cm³/mol. The number of nitrogens with two attached hydrogens (primary N) is 1. The van der Waals surface area contributed by atoms with Crippen LogP contribution in [0.5, 0.6) is 0 Å². The largest absolute Gasteiger partial charge is 0.335 e. The van der Waals surface area contributed by atoms with Gasteiger partial charge in [-0.1, -0.05) is 36.4 Å². The van der Waals surface area contributed by atoms with Crippen LogP contribution in [0.4, 0.5) is 0 Å². The zero-order chi connectivity index (χ0) is 14.8. The fourth-order valence-corrected chi connectivity index (χ4v) is 2.87. The molecule has 0 bridgehead atoms. The predicted octanol–water partition coefficient (Wildman–Crippen LogP) is 2.80. The van der Waals surface area contributed by atoms with Crippen LogP contribution in [0.2, 0.25) is 0 Å². The number of aromatic nitrogens is 1. The standard InChI is InChI=1S/C17H19N3O.2ClH/c1-12-6-5-9-16(19-12)17(21)20-10-14(15(18)11-20)13-7-3-2-4-8-13;;/h2-9,14-15H,10-11,18H2,1H3;2*1H/t14-,15+;;/m0../s1. The molecule has 0 saturated carbocycles.